The summed E-state index contributed by atoms with van der Waals surface area (Å²) in [7, 11) is 0. The summed E-state index contributed by atoms with van der Waals surface area (Å²) in [6.07, 6.45) is -4.23. The van der Waals surface area contributed by atoms with E-state index in [-0.39, 0.29) is 0 Å². The van der Waals surface area contributed by atoms with Crippen molar-refractivity contribution in [2.75, 3.05) is 11.9 Å². The van der Waals surface area contributed by atoms with Crippen LogP contribution in [0.5, 0.6) is 0 Å². The number of hydrogen-bond acceptors (Lipinski definition) is 2. The lowest BCUT2D eigenvalue weighted by Gasteiger charge is -2.16. The van der Waals surface area contributed by atoms with E-state index in [1.54, 1.807) is 31.2 Å². The van der Waals surface area contributed by atoms with Gasteiger partial charge in [-0.2, -0.15) is 13.2 Å². The summed E-state index contributed by atoms with van der Waals surface area (Å²) in [6, 6.07) is 5.27. The highest BCUT2D eigenvalue weighted by Gasteiger charge is 2.27. The lowest BCUT2D eigenvalue weighted by molar-refractivity contribution is -0.126. The Kier molecular flexibility index (Phi) is 4.55. The van der Waals surface area contributed by atoms with Crippen LogP contribution in [0.3, 0.4) is 0 Å². The van der Waals surface area contributed by atoms with E-state index in [4.69, 9.17) is 5.73 Å². The molecule has 0 heterocycles. The van der Waals surface area contributed by atoms with E-state index in [0.717, 1.165) is 0 Å². The molecular weight excluding hydrogens is 247 g/mol. The predicted molar refractivity (Wildman–Crippen MR) is 62.1 cm³/mol. The van der Waals surface area contributed by atoms with Gasteiger partial charge in [-0.3, -0.25) is 0 Å². The van der Waals surface area contributed by atoms with Crippen LogP contribution in [0.4, 0.5) is 23.7 Å². The van der Waals surface area contributed by atoms with Crippen molar-refractivity contribution in [2.24, 2.45) is 5.73 Å². The summed E-state index contributed by atoms with van der Waals surface area (Å²) in [5.74, 6) is 0. The lowest BCUT2D eigenvalue weighted by Crippen LogP contribution is -2.30. The minimum Gasteiger partial charge on any atom is -0.351 e. The van der Waals surface area contributed by atoms with Crippen LogP contribution in [0, 0.1) is 0 Å². The Morgan fingerprint density at radius 3 is 2.33 bits per heavy atom. The van der Waals surface area contributed by atoms with Gasteiger partial charge < -0.3 is 16.4 Å². The van der Waals surface area contributed by atoms with Crippen molar-refractivity contribution >= 4 is 11.7 Å². The molecule has 0 radical (unpaired) electrons. The van der Waals surface area contributed by atoms with Gasteiger partial charge in [0.15, 0.2) is 0 Å². The second-order valence-corrected chi connectivity index (χ2v) is 3.83. The molecule has 0 spiro atoms. The quantitative estimate of drug-likeness (QED) is 0.779. The molecule has 4 nitrogen and oxygen atoms in total. The number of nitrogens with one attached hydrogen (secondary N) is 2. The Morgan fingerprint density at radius 2 is 1.89 bits per heavy atom. The summed E-state index contributed by atoms with van der Waals surface area (Å²) in [4.78, 5) is 10.6. The molecule has 2 amide bonds. The van der Waals surface area contributed by atoms with Crippen molar-refractivity contribution < 1.29 is 18.0 Å². The van der Waals surface area contributed by atoms with Crippen molar-refractivity contribution in [3.8, 4) is 0 Å². The van der Waals surface area contributed by atoms with E-state index in [0.29, 0.717) is 11.3 Å². The molecule has 7 heteroatoms. The van der Waals surface area contributed by atoms with E-state index >= 15 is 0 Å². The highest BCUT2D eigenvalue weighted by Crippen LogP contribution is 2.18. The molecule has 1 atom stereocenters. The fourth-order valence-corrected chi connectivity index (χ4v) is 1.38. The molecule has 0 aliphatic carbocycles. The Morgan fingerprint density at radius 1 is 1.33 bits per heavy atom. The molecule has 4 N–H and O–H groups in total. The van der Waals surface area contributed by atoms with Crippen LogP contribution in [0.2, 0.25) is 0 Å². The molecule has 1 rings (SSSR count). The zero-order chi connectivity index (χ0) is 13.8. The van der Waals surface area contributed by atoms with Crippen LogP contribution < -0.4 is 16.4 Å². The monoisotopic (exact) mass is 261 g/mol. The molecule has 18 heavy (non-hydrogen) atoms. The van der Waals surface area contributed by atoms with E-state index in [2.05, 4.69) is 10.6 Å². The number of rotatable bonds is 4. The minimum absolute atomic E-state index is 0.436. The van der Waals surface area contributed by atoms with Crippen LogP contribution in [0.1, 0.15) is 18.5 Å². The summed E-state index contributed by atoms with van der Waals surface area (Å²) < 4.78 is 36.0. The van der Waals surface area contributed by atoms with Crippen LogP contribution in [0.15, 0.2) is 24.3 Å². The van der Waals surface area contributed by atoms with E-state index in [1.807, 2.05) is 0 Å². The Hall–Kier alpha value is -1.76. The Bertz CT molecular complexity index is 403. The van der Waals surface area contributed by atoms with Gasteiger partial charge in [0, 0.05) is 11.7 Å². The Balaban J connectivity index is 2.59. The van der Waals surface area contributed by atoms with Crippen LogP contribution in [0.25, 0.3) is 0 Å². The lowest BCUT2D eigenvalue weighted by atomic mass is 10.1. The van der Waals surface area contributed by atoms with Gasteiger partial charge in [0.25, 0.3) is 0 Å². The third-order valence-electron chi connectivity index (χ3n) is 2.29. The first kappa shape index (κ1) is 14.3. The average Bonchev–Trinajstić information content (AvgIpc) is 2.25. The number of nitrogens with two attached hydrogens (primary N) is 1. The molecule has 1 unspecified atom stereocenters. The van der Waals surface area contributed by atoms with Crippen LogP contribution >= 0.6 is 0 Å². The normalized spacial score (nSPS) is 13.1. The van der Waals surface area contributed by atoms with Gasteiger partial charge in [-0.1, -0.05) is 12.1 Å². The van der Waals surface area contributed by atoms with Gasteiger partial charge in [-0.05, 0) is 24.6 Å². The molecule has 1 aromatic carbocycles. The van der Waals surface area contributed by atoms with Gasteiger partial charge in [0.2, 0.25) is 0 Å². The molecule has 0 aromatic heterocycles. The number of amides is 2. The van der Waals surface area contributed by atoms with Crippen molar-refractivity contribution in [3.05, 3.63) is 29.8 Å². The zero-order valence-electron chi connectivity index (χ0n) is 9.71. The number of carbonyl (C=O) groups excluding carboxylic acids is 1. The van der Waals surface area contributed by atoms with Crippen molar-refractivity contribution in [1.29, 1.82) is 0 Å². The number of carbonyl (C=O) groups is 1. The summed E-state index contributed by atoms with van der Waals surface area (Å²) in [5, 5.41) is 4.73. The second kappa shape index (κ2) is 5.72. The highest BCUT2D eigenvalue weighted by atomic mass is 19.4. The number of urea groups is 1. The molecule has 0 saturated heterocycles. The number of anilines is 1. The van der Waals surface area contributed by atoms with Crippen molar-refractivity contribution in [3.63, 3.8) is 0 Å². The molecule has 1 aromatic rings. The van der Waals surface area contributed by atoms with Gasteiger partial charge in [-0.15, -0.1) is 0 Å². The second-order valence-electron chi connectivity index (χ2n) is 3.83. The number of alkyl halides is 3. The van der Waals surface area contributed by atoms with E-state index < -0.39 is 24.8 Å². The molecule has 0 aliphatic heterocycles. The summed E-state index contributed by atoms with van der Waals surface area (Å²) >= 11 is 0. The minimum atomic E-state index is -4.23. The maximum absolute atomic E-state index is 12.0. The van der Waals surface area contributed by atoms with E-state index in [9.17, 15) is 18.0 Å². The van der Waals surface area contributed by atoms with Gasteiger partial charge in [0.05, 0.1) is 6.54 Å². The van der Waals surface area contributed by atoms with Gasteiger partial charge in [-0.25, -0.2) is 4.79 Å². The summed E-state index contributed by atoms with van der Waals surface area (Å²) in [5.41, 5.74) is 6.11. The molecule has 0 aliphatic rings. The van der Waals surface area contributed by atoms with Crippen molar-refractivity contribution in [1.82, 2.24) is 5.32 Å². The van der Waals surface area contributed by atoms with E-state index in [1.165, 1.54) is 0 Å². The molecule has 0 fully saturated rings. The average molecular weight is 261 g/mol. The van der Waals surface area contributed by atoms with Crippen LogP contribution in [-0.4, -0.2) is 18.8 Å². The Labute approximate surface area is 102 Å². The molecule has 100 valence electrons. The first-order valence-corrected chi connectivity index (χ1v) is 5.24. The summed E-state index contributed by atoms with van der Waals surface area (Å²) in [6.45, 7) is 0.581. The van der Waals surface area contributed by atoms with Crippen LogP contribution in [-0.2, 0) is 0 Å². The third-order valence-corrected chi connectivity index (χ3v) is 2.29. The molecule has 0 saturated carbocycles. The van der Waals surface area contributed by atoms with Gasteiger partial charge >= 0.3 is 12.2 Å². The largest absolute Gasteiger partial charge is 0.401 e. The number of halogens is 3. The standard InChI is InChI=1S/C11H14F3N3O/c1-7(16-6-11(12,13)14)8-2-4-9(5-3-8)17-10(15)18/h2-5,7,16H,6H2,1H3,(H3,15,17,18). The third kappa shape index (κ3) is 5.05. The topological polar surface area (TPSA) is 67.2 Å². The maximum atomic E-state index is 12.0. The first-order chi connectivity index (χ1) is 8.28. The van der Waals surface area contributed by atoms with Crippen molar-refractivity contribution in [2.45, 2.75) is 19.1 Å². The smallest absolute Gasteiger partial charge is 0.351 e. The maximum Gasteiger partial charge on any atom is 0.401 e. The molecular formula is C11H14F3N3O. The highest BCUT2D eigenvalue weighted by molar-refractivity contribution is 5.87. The number of primary amides is 1. The fraction of sp³-hybridized carbons (Fsp3) is 0.364. The number of hydrogen-bond donors (Lipinski definition) is 3. The fourth-order valence-electron chi connectivity index (χ4n) is 1.38. The zero-order valence-corrected chi connectivity index (χ0v) is 9.71. The predicted octanol–water partition coefficient (Wildman–Crippen LogP) is 2.39. The van der Waals surface area contributed by atoms with Gasteiger partial charge in [0.1, 0.15) is 0 Å². The number of benzene rings is 1. The SMILES string of the molecule is CC(NCC(F)(F)F)c1ccc(NC(N)=O)cc1. The first-order valence-electron chi connectivity index (χ1n) is 5.24. The molecule has 0 bridgehead atoms.